The summed E-state index contributed by atoms with van der Waals surface area (Å²) in [7, 11) is 0. The van der Waals surface area contributed by atoms with Gasteiger partial charge in [-0.15, -0.1) is 4.91 Å². The van der Waals surface area contributed by atoms with Crippen LogP contribution in [0.4, 0.5) is 4.39 Å². The fourth-order valence-corrected chi connectivity index (χ4v) is 3.75. The monoisotopic (exact) mass is 446 g/mol. The van der Waals surface area contributed by atoms with Crippen molar-refractivity contribution in [1.29, 1.82) is 0 Å². The second-order valence-electron chi connectivity index (χ2n) is 7.70. The van der Waals surface area contributed by atoms with Crippen molar-refractivity contribution >= 4 is 11.4 Å². The standard InChI is InChI=1S/C24H31FN2O5/c1-3-8-18(4-2)19-10-9-17(13-20(19)25)16-32-12-7-5-6-11-27-14-21(26-31)23(29)24(30)22(27)15-28/h3-4,8-10,13,21-22,24,28,30H,1-2,5-7,11-12,14-16H2/b18-8+/t21-,22-,24+/m0/s1. The smallest absolute Gasteiger partial charge is 0.192 e. The van der Waals surface area contributed by atoms with E-state index >= 15 is 0 Å². The molecule has 1 saturated heterocycles. The van der Waals surface area contributed by atoms with Crippen molar-refractivity contribution in [3.05, 3.63) is 71.4 Å². The molecule has 32 heavy (non-hydrogen) atoms. The first-order valence-corrected chi connectivity index (χ1v) is 10.7. The highest BCUT2D eigenvalue weighted by atomic mass is 19.1. The van der Waals surface area contributed by atoms with Crippen molar-refractivity contribution in [3.63, 3.8) is 0 Å². The quantitative estimate of drug-likeness (QED) is 0.275. The van der Waals surface area contributed by atoms with Crippen molar-refractivity contribution in [2.75, 3.05) is 26.3 Å². The number of rotatable bonds is 13. The number of ether oxygens (including phenoxy) is 1. The van der Waals surface area contributed by atoms with Crippen LogP contribution in [0.15, 0.2) is 54.8 Å². The number of allylic oxidation sites excluding steroid dienone is 4. The van der Waals surface area contributed by atoms with Gasteiger partial charge in [-0.3, -0.25) is 9.69 Å². The molecule has 0 aliphatic carbocycles. The van der Waals surface area contributed by atoms with Crippen LogP contribution in [0.1, 0.15) is 30.4 Å². The van der Waals surface area contributed by atoms with Gasteiger partial charge in [-0.2, -0.15) is 0 Å². The summed E-state index contributed by atoms with van der Waals surface area (Å²) >= 11 is 0. The topological polar surface area (TPSA) is 99.4 Å². The van der Waals surface area contributed by atoms with Crippen LogP contribution in [0.3, 0.4) is 0 Å². The summed E-state index contributed by atoms with van der Waals surface area (Å²) in [5, 5.41) is 22.3. The van der Waals surface area contributed by atoms with Gasteiger partial charge < -0.3 is 14.9 Å². The molecule has 0 spiro atoms. The zero-order valence-corrected chi connectivity index (χ0v) is 18.2. The first kappa shape index (κ1) is 25.7. The predicted molar refractivity (Wildman–Crippen MR) is 121 cm³/mol. The molecular weight excluding hydrogens is 415 g/mol. The van der Waals surface area contributed by atoms with Crippen LogP contribution in [0.5, 0.6) is 0 Å². The molecule has 0 saturated carbocycles. The van der Waals surface area contributed by atoms with Crippen LogP contribution >= 0.6 is 0 Å². The number of carbonyl (C=O) groups excluding carboxylic acids is 1. The summed E-state index contributed by atoms with van der Waals surface area (Å²) in [5.41, 5.74) is 1.86. The Kier molecular flexibility index (Phi) is 10.6. The number of nitrogens with zero attached hydrogens (tertiary/aromatic N) is 2. The average molecular weight is 447 g/mol. The number of carbonyl (C=O) groups is 1. The molecule has 1 aliphatic heterocycles. The zero-order valence-electron chi connectivity index (χ0n) is 18.2. The van der Waals surface area contributed by atoms with E-state index in [0.717, 1.165) is 24.8 Å². The molecule has 2 rings (SSSR count). The number of aliphatic hydroxyl groups is 2. The van der Waals surface area contributed by atoms with E-state index in [1.807, 2.05) is 6.07 Å². The SMILES string of the molecule is C=C/C=C(\C=C)c1ccc(COCCCCCN2C[C@H](N=O)C(=O)[C@H](O)[C@@H]2CO)cc1F. The molecule has 8 heteroatoms. The van der Waals surface area contributed by atoms with Gasteiger partial charge in [-0.25, -0.2) is 4.39 Å². The number of nitroso groups, excluding NO2 is 1. The summed E-state index contributed by atoms with van der Waals surface area (Å²) in [5.74, 6) is -0.978. The van der Waals surface area contributed by atoms with Crippen LogP contribution in [-0.2, 0) is 16.1 Å². The molecule has 174 valence electrons. The first-order chi connectivity index (χ1) is 15.5. The van der Waals surface area contributed by atoms with Crippen molar-refractivity contribution in [2.24, 2.45) is 5.18 Å². The Hall–Kier alpha value is -2.52. The normalized spacial score (nSPS) is 22.0. The molecular formula is C24H31FN2O5. The van der Waals surface area contributed by atoms with Gasteiger partial charge in [0, 0.05) is 18.7 Å². The number of halogens is 1. The van der Waals surface area contributed by atoms with Crippen molar-refractivity contribution < 1.29 is 24.1 Å². The van der Waals surface area contributed by atoms with E-state index < -0.39 is 24.0 Å². The van der Waals surface area contributed by atoms with Gasteiger partial charge in [0.15, 0.2) is 11.8 Å². The summed E-state index contributed by atoms with van der Waals surface area (Å²) in [4.78, 5) is 24.4. The molecule has 1 aromatic rings. The summed E-state index contributed by atoms with van der Waals surface area (Å²) in [6.45, 7) is 8.37. The number of unbranched alkanes of at least 4 members (excludes halogenated alkanes) is 2. The van der Waals surface area contributed by atoms with Gasteiger partial charge in [0.25, 0.3) is 0 Å². The molecule has 0 radical (unpaired) electrons. The van der Waals surface area contributed by atoms with E-state index in [1.54, 1.807) is 29.2 Å². The Balaban J connectivity index is 1.72. The summed E-state index contributed by atoms with van der Waals surface area (Å²) in [6.07, 6.45) is 5.80. The Labute approximate surface area is 187 Å². The van der Waals surface area contributed by atoms with Crippen molar-refractivity contribution in [3.8, 4) is 0 Å². The minimum absolute atomic E-state index is 0.109. The fraction of sp³-hybridized carbons (Fsp3) is 0.458. The molecule has 0 unspecified atom stereocenters. The van der Waals surface area contributed by atoms with Crippen LogP contribution in [0.25, 0.3) is 5.57 Å². The number of benzene rings is 1. The van der Waals surface area contributed by atoms with Gasteiger partial charge in [-0.1, -0.05) is 48.7 Å². The third-order valence-electron chi connectivity index (χ3n) is 5.54. The number of ketones is 1. The second kappa shape index (κ2) is 13.1. The van der Waals surface area contributed by atoms with Gasteiger partial charge in [0.2, 0.25) is 0 Å². The largest absolute Gasteiger partial charge is 0.395 e. The highest BCUT2D eigenvalue weighted by molar-refractivity contribution is 5.90. The van der Waals surface area contributed by atoms with Crippen molar-refractivity contribution in [2.45, 2.75) is 44.1 Å². The Morgan fingerprint density at radius 1 is 1.31 bits per heavy atom. The number of hydrogen-bond donors (Lipinski definition) is 2. The first-order valence-electron chi connectivity index (χ1n) is 10.7. The maximum absolute atomic E-state index is 14.4. The Morgan fingerprint density at radius 2 is 2.09 bits per heavy atom. The molecule has 1 fully saturated rings. The molecule has 0 bridgehead atoms. The lowest BCUT2D eigenvalue weighted by Gasteiger charge is -2.38. The second-order valence-corrected chi connectivity index (χ2v) is 7.70. The molecule has 3 atom stereocenters. The minimum atomic E-state index is -1.40. The molecule has 0 amide bonds. The third-order valence-corrected chi connectivity index (χ3v) is 5.54. The van der Waals surface area contributed by atoms with E-state index in [0.29, 0.717) is 30.9 Å². The van der Waals surface area contributed by atoms with Gasteiger partial charge in [0.1, 0.15) is 11.9 Å². The fourth-order valence-electron chi connectivity index (χ4n) is 3.75. The molecule has 2 N–H and O–H groups in total. The van der Waals surface area contributed by atoms with E-state index in [9.17, 15) is 24.3 Å². The lowest BCUT2D eigenvalue weighted by atomic mass is 9.94. The molecule has 1 aliphatic rings. The summed E-state index contributed by atoms with van der Waals surface area (Å²) in [6, 6.07) is 3.15. The molecule has 0 aromatic heterocycles. The zero-order chi connectivity index (χ0) is 23.5. The van der Waals surface area contributed by atoms with E-state index in [1.165, 1.54) is 6.07 Å². The van der Waals surface area contributed by atoms with Crippen LogP contribution < -0.4 is 0 Å². The lowest BCUT2D eigenvalue weighted by molar-refractivity contribution is -0.139. The van der Waals surface area contributed by atoms with Gasteiger partial charge in [-0.05, 0) is 43.0 Å². The lowest BCUT2D eigenvalue weighted by Crippen LogP contribution is -2.60. The van der Waals surface area contributed by atoms with Crippen LogP contribution in [0, 0.1) is 10.7 Å². The highest BCUT2D eigenvalue weighted by Gasteiger charge is 2.41. The van der Waals surface area contributed by atoms with E-state index in [2.05, 4.69) is 18.3 Å². The van der Waals surface area contributed by atoms with Crippen LogP contribution in [0.2, 0.25) is 0 Å². The average Bonchev–Trinajstić information content (AvgIpc) is 2.79. The maximum Gasteiger partial charge on any atom is 0.192 e. The van der Waals surface area contributed by atoms with Crippen molar-refractivity contribution in [1.82, 2.24) is 4.90 Å². The third kappa shape index (κ3) is 6.74. The molecule has 1 heterocycles. The summed E-state index contributed by atoms with van der Waals surface area (Å²) < 4.78 is 20.0. The maximum atomic E-state index is 14.4. The number of piperidine rings is 1. The molecule has 7 nitrogen and oxygen atoms in total. The number of Topliss-reactive ketones (excluding diaryl/α,β-unsaturated/α-hetero) is 1. The van der Waals surface area contributed by atoms with Gasteiger partial charge >= 0.3 is 0 Å². The minimum Gasteiger partial charge on any atom is -0.395 e. The highest BCUT2D eigenvalue weighted by Crippen LogP contribution is 2.21. The number of hydrogen-bond acceptors (Lipinski definition) is 7. The number of aliphatic hydroxyl groups excluding tert-OH is 2. The predicted octanol–water partition coefficient (Wildman–Crippen LogP) is 3.01. The van der Waals surface area contributed by atoms with E-state index in [-0.39, 0.29) is 19.0 Å². The van der Waals surface area contributed by atoms with E-state index in [4.69, 9.17) is 4.74 Å². The molecule has 1 aromatic carbocycles. The number of likely N-dealkylation sites (tertiary alicyclic amines) is 1. The Morgan fingerprint density at radius 3 is 2.72 bits per heavy atom. The van der Waals surface area contributed by atoms with Gasteiger partial charge in [0.05, 0.1) is 19.3 Å². The van der Waals surface area contributed by atoms with Crippen LogP contribution in [-0.4, -0.2) is 65.4 Å². The Bertz CT molecular complexity index is 842.